The van der Waals surface area contributed by atoms with Crippen LogP contribution in [0.5, 0.6) is 5.75 Å². The largest absolute Gasteiger partial charge is 0.507 e. The molecule has 1 aliphatic rings. The van der Waals surface area contributed by atoms with Crippen LogP contribution in [0.2, 0.25) is 5.02 Å². The number of benzene rings is 1. The molecule has 0 unspecified atom stereocenters. The van der Waals surface area contributed by atoms with Crippen LogP contribution in [-0.2, 0) is 9.53 Å². The van der Waals surface area contributed by atoms with Gasteiger partial charge in [-0.05, 0) is 45.6 Å². The van der Waals surface area contributed by atoms with Gasteiger partial charge in [-0.3, -0.25) is 9.69 Å². The molecule has 1 saturated heterocycles. The van der Waals surface area contributed by atoms with Crippen molar-refractivity contribution < 1.29 is 14.6 Å². The van der Waals surface area contributed by atoms with Crippen LogP contribution in [0.4, 0.5) is 0 Å². The Bertz CT molecular complexity index is 631. The number of hydrogen-bond acceptors (Lipinski definition) is 5. The molecule has 0 saturated carbocycles. The van der Waals surface area contributed by atoms with Crippen LogP contribution in [0.3, 0.4) is 0 Å². The van der Waals surface area contributed by atoms with E-state index in [1.807, 2.05) is 27.1 Å². The molecule has 1 heterocycles. The molecule has 1 aliphatic heterocycles. The Kier molecular flexibility index (Phi) is 6.27. The van der Waals surface area contributed by atoms with E-state index in [-0.39, 0.29) is 17.8 Å². The molecule has 6 heteroatoms. The van der Waals surface area contributed by atoms with Crippen LogP contribution in [0, 0.1) is 0 Å². The molecular weight excluding hydrogens is 328 g/mol. The van der Waals surface area contributed by atoms with Gasteiger partial charge in [0.2, 0.25) is 0 Å². The Morgan fingerprint density at radius 3 is 2.83 bits per heavy atom. The maximum atomic E-state index is 12.1. The third-order valence-corrected chi connectivity index (χ3v) is 4.66. The van der Waals surface area contributed by atoms with E-state index in [0.717, 1.165) is 18.5 Å². The van der Waals surface area contributed by atoms with Gasteiger partial charge in [-0.15, -0.1) is 0 Å². The van der Waals surface area contributed by atoms with Crippen LogP contribution in [0.25, 0.3) is 6.08 Å². The maximum Gasteiger partial charge on any atom is 0.323 e. The van der Waals surface area contributed by atoms with Crippen molar-refractivity contribution in [2.24, 2.45) is 0 Å². The predicted octanol–water partition coefficient (Wildman–Crippen LogP) is 2.63. The van der Waals surface area contributed by atoms with Gasteiger partial charge in [-0.2, -0.15) is 0 Å². The van der Waals surface area contributed by atoms with Crippen molar-refractivity contribution in [2.45, 2.75) is 25.4 Å². The number of halogens is 1. The Labute approximate surface area is 148 Å². The second kappa shape index (κ2) is 8.01. The minimum absolute atomic E-state index is 0.191. The lowest BCUT2D eigenvalue weighted by Gasteiger charge is -2.23. The lowest BCUT2D eigenvalue weighted by molar-refractivity contribution is -0.145. The highest BCUT2D eigenvalue weighted by molar-refractivity contribution is 6.30. The zero-order valence-corrected chi connectivity index (χ0v) is 15.4. The van der Waals surface area contributed by atoms with Gasteiger partial charge >= 0.3 is 5.97 Å². The van der Waals surface area contributed by atoms with E-state index >= 15 is 0 Å². The first kappa shape index (κ1) is 18.8. The summed E-state index contributed by atoms with van der Waals surface area (Å²) >= 11 is 5.99. The van der Waals surface area contributed by atoms with Gasteiger partial charge in [-0.25, -0.2) is 0 Å². The summed E-state index contributed by atoms with van der Waals surface area (Å²) in [4.78, 5) is 16.3. The maximum absolute atomic E-state index is 12.1. The molecule has 1 fully saturated rings. The van der Waals surface area contributed by atoms with Crippen molar-refractivity contribution in [3.05, 3.63) is 34.4 Å². The number of phenolic OH excluding ortho intramolecular Hbond substituents is 1. The van der Waals surface area contributed by atoms with Crippen molar-refractivity contribution in [1.82, 2.24) is 9.80 Å². The molecule has 1 aromatic rings. The first-order chi connectivity index (χ1) is 11.3. The van der Waals surface area contributed by atoms with E-state index in [0.29, 0.717) is 23.2 Å². The minimum atomic E-state index is -0.237. The smallest absolute Gasteiger partial charge is 0.323 e. The Morgan fingerprint density at radius 1 is 1.50 bits per heavy atom. The number of phenols is 1. The number of carbonyl (C=O) groups is 1. The van der Waals surface area contributed by atoms with Crippen molar-refractivity contribution >= 4 is 23.6 Å². The van der Waals surface area contributed by atoms with Crippen LogP contribution >= 0.6 is 11.6 Å². The van der Waals surface area contributed by atoms with E-state index in [4.69, 9.17) is 16.3 Å². The molecule has 0 amide bonds. The molecule has 0 aromatic heterocycles. The summed E-state index contributed by atoms with van der Waals surface area (Å²) in [5, 5.41) is 10.5. The molecule has 2 rings (SSSR count). The van der Waals surface area contributed by atoms with Crippen molar-refractivity contribution in [1.29, 1.82) is 0 Å². The molecule has 0 bridgehead atoms. The number of nitrogens with zero attached hydrogens (tertiary/aromatic N) is 2. The van der Waals surface area contributed by atoms with Crippen LogP contribution in [0.1, 0.15) is 18.9 Å². The van der Waals surface area contributed by atoms with Crippen molar-refractivity contribution in [2.75, 3.05) is 34.3 Å². The van der Waals surface area contributed by atoms with E-state index in [9.17, 15) is 9.90 Å². The Balaban J connectivity index is 2.16. The van der Waals surface area contributed by atoms with Gasteiger partial charge in [-0.1, -0.05) is 23.3 Å². The molecule has 0 aliphatic carbocycles. The summed E-state index contributed by atoms with van der Waals surface area (Å²) in [6.45, 7) is 3.42. The number of hydrogen-bond donors (Lipinski definition) is 1. The fourth-order valence-electron chi connectivity index (χ4n) is 3.08. The average molecular weight is 353 g/mol. The number of aromatic hydroxyl groups is 1. The fraction of sp³-hybridized carbons (Fsp3) is 0.500. The van der Waals surface area contributed by atoms with E-state index in [2.05, 4.69) is 9.80 Å². The monoisotopic (exact) mass is 352 g/mol. The number of ether oxygens (including phenoxy) is 1. The molecule has 1 N–H and O–H groups in total. The molecule has 5 nitrogen and oxygen atoms in total. The quantitative estimate of drug-likeness (QED) is 0.826. The number of likely N-dealkylation sites (tertiary alicyclic amines) is 1. The lowest BCUT2D eigenvalue weighted by Crippen LogP contribution is -2.38. The summed E-state index contributed by atoms with van der Waals surface area (Å²) in [6, 6.07) is 5.04. The summed E-state index contributed by atoms with van der Waals surface area (Å²) in [5.74, 6) is -0.00592. The van der Waals surface area contributed by atoms with Crippen LogP contribution in [-0.4, -0.2) is 67.3 Å². The van der Waals surface area contributed by atoms with Crippen LogP contribution in [0.15, 0.2) is 23.8 Å². The van der Waals surface area contributed by atoms with Gasteiger partial charge in [0.15, 0.2) is 0 Å². The normalized spacial score (nSPS) is 22.2. The van der Waals surface area contributed by atoms with E-state index in [1.54, 1.807) is 18.2 Å². The Hall–Kier alpha value is -1.56. The molecular formula is C18H25ClN2O3. The molecule has 0 radical (unpaired) electrons. The topological polar surface area (TPSA) is 53.0 Å². The zero-order valence-electron chi connectivity index (χ0n) is 14.6. The molecule has 132 valence electrons. The summed E-state index contributed by atoms with van der Waals surface area (Å²) in [6.07, 6.45) is 2.66. The first-order valence-corrected chi connectivity index (χ1v) is 8.33. The summed E-state index contributed by atoms with van der Waals surface area (Å²) in [5.41, 5.74) is 1.72. The van der Waals surface area contributed by atoms with E-state index < -0.39 is 0 Å². The van der Waals surface area contributed by atoms with Crippen molar-refractivity contribution in [3.8, 4) is 5.75 Å². The molecule has 1 aromatic carbocycles. The van der Waals surface area contributed by atoms with Crippen LogP contribution < -0.4 is 0 Å². The predicted molar refractivity (Wildman–Crippen MR) is 96.2 cm³/mol. The summed E-state index contributed by atoms with van der Waals surface area (Å²) in [7, 11) is 5.47. The van der Waals surface area contributed by atoms with Gasteiger partial charge in [0.05, 0.1) is 7.11 Å². The summed E-state index contributed by atoms with van der Waals surface area (Å²) < 4.78 is 4.95. The highest BCUT2D eigenvalue weighted by Gasteiger charge is 2.38. The first-order valence-electron chi connectivity index (χ1n) is 7.95. The van der Waals surface area contributed by atoms with Gasteiger partial charge in [0.25, 0.3) is 0 Å². The number of rotatable bonds is 5. The standard InChI is InChI=1S/C18H25ClN2O3/c1-12(7-13-8-14(19)5-6-17(13)22)10-21-11-15(20(2)3)9-16(21)18(23)24-4/h5-8,15-16,22H,9-11H2,1-4H3/t15-,16+/m1/s1. The lowest BCUT2D eigenvalue weighted by atomic mass is 10.1. The number of methoxy groups -OCH3 is 1. The minimum Gasteiger partial charge on any atom is -0.507 e. The number of carbonyl (C=O) groups excluding carboxylic acids is 1. The number of likely N-dealkylation sites (N-methyl/N-ethyl adjacent to an activating group) is 1. The SMILES string of the molecule is COC(=O)[C@@H]1C[C@@H](N(C)C)CN1CC(C)=Cc1cc(Cl)ccc1O. The van der Waals surface area contributed by atoms with E-state index in [1.165, 1.54) is 7.11 Å². The molecule has 0 spiro atoms. The molecule has 24 heavy (non-hydrogen) atoms. The third kappa shape index (κ3) is 4.50. The highest BCUT2D eigenvalue weighted by atomic mass is 35.5. The van der Waals surface area contributed by atoms with Gasteiger partial charge < -0.3 is 14.7 Å². The third-order valence-electron chi connectivity index (χ3n) is 4.43. The average Bonchev–Trinajstić information content (AvgIpc) is 2.94. The van der Waals surface area contributed by atoms with Gasteiger partial charge in [0, 0.05) is 29.7 Å². The number of esters is 1. The fourth-order valence-corrected chi connectivity index (χ4v) is 3.26. The Morgan fingerprint density at radius 2 is 2.21 bits per heavy atom. The van der Waals surface area contributed by atoms with Gasteiger partial charge in [0.1, 0.15) is 11.8 Å². The van der Waals surface area contributed by atoms with Crippen molar-refractivity contribution in [3.63, 3.8) is 0 Å². The second-order valence-corrected chi connectivity index (χ2v) is 6.95. The highest BCUT2D eigenvalue weighted by Crippen LogP contribution is 2.26. The second-order valence-electron chi connectivity index (χ2n) is 6.52. The zero-order chi connectivity index (χ0) is 17.9. The molecule has 2 atom stereocenters.